The van der Waals surface area contributed by atoms with Crippen molar-refractivity contribution in [1.29, 1.82) is 5.26 Å². The SMILES string of the molecule is C[C@@H](NS(=O)(=O)Cc1ccc(C#N)cc1)c1ccc(F)c(OCC2CC2)c1. The lowest BCUT2D eigenvalue weighted by atomic mass is 10.1. The number of ether oxygens (including phenoxy) is 1. The third kappa shape index (κ3) is 5.52. The molecule has 0 radical (unpaired) electrons. The molecule has 1 fully saturated rings. The summed E-state index contributed by atoms with van der Waals surface area (Å²) < 4.78 is 46.9. The standard InChI is InChI=1S/C20H21FN2O3S/c1-14(18-8-9-19(21)20(10-18)26-12-16-4-5-16)23-27(24,25)13-17-6-2-15(11-22)3-7-17/h2-3,6-10,14,16,23H,4-5,12-13H2,1H3/t14-/m1/s1. The zero-order chi connectivity index (χ0) is 19.4. The predicted molar refractivity (Wildman–Crippen MR) is 100.0 cm³/mol. The Kier molecular flexibility index (Phi) is 5.78. The molecular formula is C20H21FN2O3S. The first kappa shape index (κ1) is 19.3. The van der Waals surface area contributed by atoms with Gasteiger partial charge in [-0.05, 0) is 61.1 Å². The second kappa shape index (κ2) is 8.07. The van der Waals surface area contributed by atoms with Crippen molar-refractivity contribution < 1.29 is 17.5 Å². The Morgan fingerprint density at radius 2 is 1.96 bits per heavy atom. The van der Waals surface area contributed by atoms with Crippen molar-refractivity contribution in [3.63, 3.8) is 0 Å². The minimum absolute atomic E-state index is 0.151. The van der Waals surface area contributed by atoms with Crippen LogP contribution in [0.15, 0.2) is 42.5 Å². The van der Waals surface area contributed by atoms with Gasteiger partial charge in [0.15, 0.2) is 11.6 Å². The molecule has 0 heterocycles. The summed E-state index contributed by atoms with van der Waals surface area (Å²) in [5.74, 6) is -0.00377. The fourth-order valence-electron chi connectivity index (χ4n) is 2.67. The van der Waals surface area contributed by atoms with Gasteiger partial charge in [-0.15, -0.1) is 0 Å². The summed E-state index contributed by atoms with van der Waals surface area (Å²) in [5.41, 5.74) is 1.69. The lowest BCUT2D eigenvalue weighted by molar-refractivity contribution is 0.285. The molecule has 1 atom stereocenters. The van der Waals surface area contributed by atoms with E-state index in [1.807, 2.05) is 6.07 Å². The molecule has 0 saturated heterocycles. The van der Waals surface area contributed by atoms with Crippen molar-refractivity contribution in [2.75, 3.05) is 6.61 Å². The molecule has 1 aliphatic rings. The average Bonchev–Trinajstić information content (AvgIpc) is 3.45. The zero-order valence-electron chi connectivity index (χ0n) is 15.0. The van der Waals surface area contributed by atoms with Crippen LogP contribution in [0.3, 0.4) is 0 Å². The van der Waals surface area contributed by atoms with Crippen LogP contribution >= 0.6 is 0 Å². The Bertz CT molecular complexity index is 948. The maximum Gasteiger partial charge on any atom is 0.216 e. The van der Waals surface area contributed by atoms with Crippen molar-refractivity contribution in [3.8, 4) is 11.8 Å². The lowest BCUT2D eigenvalue weighted by Crippen LogP contribution is -2.28. The normalized spacial score (nSPS) is 15.1. The highest BCUT2D eigenvalue weighted by Gasteiger charge is 2.23. The number of hydrogen-bond donors (Lipinski definition) is 1. The van der Waals surface area contributed by atoms with Gasteiger partial charge in [0.2, 0.25) is 10.0 Å². The third-order valence-electron chi connectivity index (χ3n) is 4.42. The molecule has 0 spiro atoms. The fourth-order valence-corrected chi connectivity index (χ4v) is 4.06. The molecule has 0 amide bonds. The van der Waals surface area contributed by atoms with Crippen LogP contribution in [0.4, 0.5) is 4.39 Å². The van der Waals surface area contributed by atoms with E-state index in [4.69, 9.17) is 10.00 Å². The molecule has 1 saturated carbocycles. The molecule has 2 aromatic carbocycles. The lowest BCUT2D eigenvalue weighted by Gasteiger charge is -2.16. The number of hydrogen-bond acceptors (Lipinski definition) is 4. The quantitative estimate of drug-likeness (QED) is 0.748. The molecule has 0 unspecified atom stereocenters. The maximum atomic E-state index is 13.9. The Balaban J connectivity index is 1.66. The van der Waals surface area contributed by atoms with Crippen LogP contribution in [-0.4, -0.2) is 15.0 Å². The van der Waals surface area contributed by atoms with Gasteiger partial charge in [-0.3, -0.25) is 0 Å². The molecule has 3 rings (SSSR count). The van der Waals surface area contributed by atoms with E-state index in [0.717, 1.165) is 12.8 Å². The van der Waals surface area contributed by atoms with Gasteiger partial charge in [-0.25, -0.2) is 17.5 Å². The number of halogens is 1. The Labute approximate surface area is 158 Å². The van der Waals surface area contributed by atoms with Gasteiger partial charge in [-0.1, -0.05) is 18.2 Å². The molecule has 5 nitrogen and oxygen atoms in total. The van der Waals surface area contributed by atoms with Gasteiger partial charge >= 0.3 is 0 Å². The van der Waals surface area contributed by atoms with Gasteiger partial charge in [0.25, 0.3) is 0 Å². The molecule has 0 bridgehead atoms. The molecule has 27 heavy (non-hydrogen) atoms. The highest BCUT2D eigenvalue weighted by Crippen LogP contribution is 2.31. The summed E-state index contributed by atoms with van der Waals surface area (Å²) >= 11 is 0. The van der Waals surface area contributed by atoms with Gasteiger partial charge < -0.3 is 4.74 Å². The van der Waals surface area contributed by atoms with Crippen LogP contribution in [0.1, 0.15) is 42.5 Å². The van der Waals surface area contributed by atoms with Crippen LogP contribution in [0.25, 0.3) is 0 Å². The van der Waals surface area contributed by atoms with Gasteiger partial charge in [0, 0.05) is 6.04 Å². The van der Waals surface area contributed by atoms with Crippen LogP contribution in [0.5, 0.6) is 5.75 Å². The molecule has 142 valence electrons. The van der Waals surface area contributed by atoms with Gasteiger partial charge in [-0.2, -0.15) is 5.26 Å². The fraction of sp³-hybridized carbons (Fsp3) is 0.350. The number of sulfonamides is 1. The summed E-state index contributed by atoms with van der Waals surface area (Å²) in [7, 11) is -3.61. The summed E-state index contributed by atoms with van der Waals surface area (Å²) in [4.78, 5) is 0. The number of nitrogens with one attached hydrogen (secondary N) is 1. The van der Waals surface area contributed by atoms with E-state index < -0.39 is 21.9 Å². The third-order valence-corrected chi connectivity index (χ3v) is 5.85. The molecule has 0 aromatic heterocycles. The molecule has 1 N–H and O–H groups in total. The van der Waals surface area contributed by atoms with E-state index in [-0.39, 0.29) is 11.5 Å². The first-order valence-corrected chi connectivity index (χ1v) is 10.4. The number of rotatable bonds is 8. The minimum Gasteiger partial charge on any atom is -0.490 e. The van der Waals surface area contributed by atoms with Gasteiger partial charge in [0.1, 0.15) is 0 Å². The molecular weight excluding hydrogens is 367 g/mol. The number of benzene rings is 2. The molecule has 1 aliphatic carbocycles. The predicted octanol–water partition coefficient (Wildman–Crippen LogP) is 3.67. The van der Waals surface area contributed by atoms with E-state index in [1.165, 1.54) is 6.07 Å². The van der Waals surface area contributed by atoms with Crippen LogP contribution < -0.4 is 9.46 Å². The first-order valence-electron chi connectivity index (χ1n) is 8.77. The topological polar surface area (TPSA) is 79.2 Å². The first-order chi connectivity index (χ1) is 12.9. The molecule has 7 heteroatoms. The highest BCUT2D eigenvalue weighted by molar-refractivity contribution is 7.88. The summed E-state index contributed by atoms with van der Waals surface area (Å²) in [6.45, 7) is 2.19. The van der Waals surface area contributed by atoms with E-state index in [1.54, 1.807) is 43.3 Å². The zero-order valence-corrected chi connectivity index (χ0v) is 15.8. The smallest absolute Gasteiger partial charge is 0.216 e. The van der Waals surface area contributed by atoms with Crippen LogP contribution in [0, 0.1) is 23.1 Å². The average molecular weight is 388 g/mol. The van der Waals surface area contributed by atoms with E-state index in [2.05, 4.69) is 4.72 Å². The van der Waals surface area contributed by atoms with Crippen molar-refractivity contribution in [3.05, 3.63) is 65.0 Å². The maximum absolute atomic E-state index is 13.9. The number of nitrogens with zero attached hydrogens (tertiary/aromatic N) is 1. The largest absolute Gasteiger partial charge is 0.490 e. The number of nitriles is 1. The second-order valence-electron chi connectivity index (χ2n) is 6.85. The summed E-state index contributed by atoms with van der Waals surface area (Å²) in [6.07, 6.45) is 2.21. The van der Waals surface area contributed by atoms with E-state index in [9.17, 15) is 12.8 Å². The van der Waals surface area contributed by atoms with Gasteiger partial charge in [0.05, 0.1) is 24.0 Å². The summed E-state index contributed by atoms with van der Waals surface area (Å²) in [6, 6.07) is 12.2. The minimum atomic E-state index is -3.61. The van der Waals surface area contributed by atoms with Crippen molar-refractivity contribution >= 4 is 10.0 Å². The van der Waals surface area contributed by atoms with E-state index in [0.29, 0.717) is 29.2 Å². The van der Waals surface area contributed by atoms with Crippen molar-refractivity contribution in [2.45, 2.75) is 31.6 Å². The second-order valence-corrected chi connectivity index (χ2v) is 8.61. The summed E-state index contributed by atoms with van der Waals surface area (Å²) in [5, 5.41) is 8.80. The van der Waals surface area contributed by atoms with Crippen molar-refractivity contribution in [1.82, 2.24) is 4.72 Å². The molecule has 0 aliphatic heterocycles. The van der Waals surface area contributed by atoms with E-state index >= 15 is 0 Å². The monoisotopic (exact) mass is 388 g/mol. The Morgan fingerprint density at radius 3 is 2.59 bits per heavy atom. The highest BCUT2D eigenvalue weighted by atomic mass is 32.2. The Morgan fingerprint density at radius 1 is 1.26 bits per heavy atom. The van der Waals surface area contributed by atoms with Crippen molar-refractivity contribution in [2.24, 2.45) is 5.92 Å². The van der Waals surface area contributed by atoms with Crippen LogP contribution in [-0.2, 0) is 15.8 Å². The Hall–Kier alpha value is -2.43. The van der Waals surface area contributed by atoms with Crippen LogP contribution in [0.2, 0.25) is 0 Å². The molecule has 2 aromatic rings.